The average Bonchev–Trinajstić information content (AvgIpc) is 2.73. The zero-order valence-electron chi connectivity index (χ0n) is 17.5. The highest BCUT2D eigenvalue weighted by atomic mass is 35.5. The lowest BCUT2D eigenvalue weighted by atomic mass is 10.2. The molecule has 1 amide bonds. The van der Waals surface area contributed by atoms with Crippen molar-refractivity contribution in [2.45, 2.75) is 39.7 Å². The second kappa shape index (κ2) is 12.5. The number of nitrogens with zero attached hydrogens (tertiary/aromatic N) is 4. The van der Waals surface area contributed by atoms with Crippen molar-refractivity contribution >= 4 is 58.7 Å². The first-order chi connectivity index (χ1) is 14.9. The lowest BCUT2D eigenvalue weighted by Gasteiger charge is -2.24. The van der Waals surface area contributed by atoms with E-state index < -0.39 is 5.91 Å². The number of unbranched alkanes of at least 4 members (excludes halogenated alkanes) is 1. The molecule has 8 nitrogen and oxygen atoms in total. The number of rotatable bonds is 11. The van der Waals surface area contributed by atoms with Gasteiger partial charge in [0, 0.05) is 23.1 Å². The van der Waals surface area contributed by atoms with E-state index in [9.17, 15) is 4.79 Å². The number of aromatic nitrogens is 2. The summed E-state index contributed by atoms with van der Waals surface area (Å²) < 4.78 is 0. The van der Waals surface area contributed by atoms with Crippen molar-refractivity contribution in [1.82, 2.24) is 20.7 Å². The first-order valence-electron chi connectivity index (χ1n) is 9.94. The number of benzene rings is 1. The summed E-state index contributed by atoms with van der Waals surface area (Å²) >= 11 is 18.3. The van der Waals surface area contributed by atoms with Gasteiger partial charge in [0.2, 0.25) is 0 Å². The van der Waals surface area contributed by atoms with Crippen LogP contribution in [0.15, 0.2) is 23.3 Å². The summed E-state index contributed by atoms with van der Waals surface area (Å²) in [5.41, 5.74) is 9.51. The summed E-state index contributed by atoms with van der Waals surface area (Å²) in [6.07, 6.45) is 4.15. The Morgan fingerprint density at radius 1 is 1.19 bits per heavy atom. The molecule has 31 heavy (non-hydrogen) atoms. The molecule has 1 aromatic heterocycles. The van der Waals surface area contributed by atoms with Crippen LogP contribution in [0.4, 0.5) is 11.6 Å². The lowest BCUT2D eigenvalue weighted by molar-refractivity contribution is 0.0974. The second-order valence-electron chi connectivity index (χ2n) is 6.71. The first-order valence-corrected chi connectivity index (χ1v) is 11.1. The standard InChI is InChI=1S/C20H26Cl3N7O/c1-3-5-9-30(8-4-2)19-17(23)28-16(18(24)29-19)20(31)25-12-27-26-11-13-6-7-14(21)10-15(13)22/h6-7,10,12,26H,3-5,8-9,11H2,1-2H3,(H2,24,29)(H,25,27,31). The Morgan fingerprint density at radius 2 is 1.97 bits per heavy atom. The topological polar surface area (TPSA) is 109 Å². The zero-order valence-corrected chi connectivity index (χ0v) is 19.7. The number of nitrogens with one attached hydrogen (secondary N) is 2. The normalized spacial score (nSPS) is 11.0. The van der Waals surface area contributed by atoms with Gasteiger partial charge in [-0.3, -0.25) is 4.79 Å². The van der Waals surface area contributed by atoms with E-state index >= 15 is 0 Å². The molecule has 0 aliphatic rings. The van der Waals surface area contributed by atoms with Gasteiger partial charge in [0.1, 0.15) is 6.34 Å². The lowest BCUT2D eigenvalue weighted by Crippen LogP contribution is -2.29. The fourth-order valence-corrected chi connectivity index (χ4v) is 3.45. The molecule has 2 aromatic rings. The molecule has 0 saturated carbocycles. The smallest absolute Gasteiger partial charge is 0.278 e. The van der Waals surface area contributed by atoms with E-state index in [0.717, 1.165) is 37.9 Å². The van der Waals surface area contributed by atoms with Crippen LogP contribution >= 0.6 is 34.8 Å². The summed E-state index contributed by atoms with van der Waals surface area (Å²) in [6.45, 7) is 6.10. The second-order valence-corrected chi connectivity index (χ2v) is 7.92. The molecule has 1 aromatic carbocycles. The Labute approximate surface area is 197 Å². The van der Waals surface area contributed by atoms with Gasteiger partial charge in [-0.05, 0) is 30.5 Å². The van der Waals surface area contributed by atoms with Crippen LogP contribution in [0.3, 0.4) is 0 Å². The van der Waals surface area contributed by atoms with Crippen LogP contribution < -0.4 is 21.4 Å². The quantitative estimate of drug-likeness (QED) is 0.245. The van der Waals surface area contributed by atoms with Crippen LogP contribution in [-0.4, -0.2) is 35.3 Å². The molecule has 168 valence electrons. The summed E-state index contributed by atoms with van der Waals surface area (Å²) in [5.74, 6) is -0.0749. The molecule has 0 aliphatic carbocycles. The van der Waals surface area contributed by atoms with Crippen molar-refractivity contribution in [2.75, 3.05) is 23.7 Å². The highest BCUT2D eigenvalue weighted by Gasteiger charge is 2.19. The van der Waals surface area contributed by atoms with Crippen molar-refractivity contribution in [3.8, 4) is 0 Å². The molecule has 0 atom stereocenters. The van der Waals surface area contributed by atoms with Crippen LogP contribution in [0.5, 0.6) is 0 Å². The predicted molar refractivity (Wildman–Crippen MR) is 128 cm³/mol. The van der Waals surface area contributed by atoms with Gasteiger partial charge in [0.25, 0.3) is 5.91 Å². The van der Waals surface area contributed by atoms with Crippen LogP contribution in [0.1, 0.15) is 49.2 Å². The third-order valence-corrected chi connectivity index (χ3v) is 5.13. The minimum atomic E-state index is -0.566. The molecule has 0 fully saturated rings. The van der Waals surface area contributed by atoms with Gasteiger partial charge >= 0.3 is 0 Å². The van der Waals surface area contributed by atoms with Crippen molar-refractivity contribution in [1.29, 1.82) is 0 Å². The summed E-state index contributed by atoms with van der Waals surface area (Å²) in [7, 11) is 0. The van der Waals surface area contributed by atoms with E-state index in [2.05, 4.69) is 39.7 Å². The third kappa shape index (κ3) is 7.41. The van der Waals surface area contributed by atoms with Gasteiger partial charge in [-0.1, -0.05) is 61.1 Å². The summed E-state index contributed by atoms with van der Waals surface area (Å²) in [6, 6.07) is 5.16. The fourth-order valence-electron chi connectivity index (χ4n) is 2.73. The molecular formula is C20H26Cl3N7O. The number of hydrogen-bond donors (Lipinski definition) is 3. The van der Waals surface area contributed by atoms with Gasteiger partial charge in [-0.15, -0.1) is 0 Å². The Kier molecular flexibility index (Phi) is 10.1. The van der Waals surface area contributed by atoms with Gasteiger partial charge in [0.05, 0.1) is 6.54 Å². The SMILES string of the molecule is CCCCN(CCC)c1nc(N)c(C(=O)N/C=N/NCc2ccc(Cl)cc2Cl)nc1Cl. The van der Waals surface area contributed by atoms with Crippen molar-refractivity contribution in [2.24, 2.45) is 5.10 Å². The number of amides is 1. The van der Waals surface area contributed by atoms with Crippen LogP contribution in [0, 0.1) is 0 Å². The maximum atomic E-state index is 12.4. The van der Waals surface area contributed by atoms with Gasteiger partial charge in [-0.25, -0.2) is 9.97 Å². The van der Waals surface area contributed by atoms with Gasteiger partial charge in [-0.2, -0.15) is 5.10 Å². The van der Waals surface area contributed by atoms with Crippen LogP contribution in [-0.2, 0) is 6.54 Å². The van der Waals surface area contributed by atoms with Crippen LogP contribution in [0.2, 0.25) is 15.2 Å². The Balaban J connectivity index is 1.99. The number of carbonyl (C=O) groups is 1. The number of nitrogen functional groups attached to an aromatic ring is 1. The molecular weight excluding hydrogens is 461 g/mol. The maximum absolute atomic E-state index is 12.4. The number of hydrogen-bond acceptors (Lipinski definition) is 7. The number of anilines is 2. The van der Waals surface area contributed by atoms with Crippen molar-refractivity contribution in [3.63, 3.8) is 0 Å². The minimum Gasteiger partial charge on any atom is -0.382 e. The average molecular weight is 487 g/mol. The molecule has 11 heteroatoms. The van der Waals surface area contributed by atoms with Crippen molar-refractivity contribution in [3.05, 3.63) is 44.7 Å². The molecule has 0 unspecified atom stereocenters. The Bertz CT molecular complexity index is 924. The van der Waals surface area contributed by atoms with Gasteiger partial charge < -0.3 is 21.4 Å². The summed E-state index contributed by atoms with van der Waals surface area (Å²) in [4.78, 5) is 22.9. The van der Waals surface area contributed by atoms with Crippen LogP contribution in [0.25, 0.3) is 0 Å². The number of nitrogens with two attached hydrogens (primary N) is 1. The number of carbonyl (C=O) groups excluding carboxylic acids is 1. The third-order valence-electron chi connectivity index (χ3n) is 4.29. The highest BCUT2D eigenvalue weighted by Crippen LogP contribution is 2.25. The van der Waals surface area contributed by atoms with E-state index in [0.29, 0.717) is 22.4 Å². The highest BCUT2D eigenvalue weighted by molar-refractivity contribution is 6.35. The van der Waals surface area contributed by atoms with E-state index in [1.807, 2.05) is 4.90 Å². The van der Waals surface area contributed by atoms with E-state index in [1.54, 1.807) is 18.2 Å². The number of hydrazone groups is 1. The molecule has 0 radical (unpaired) electrons. The fraction of sp³-hybridized carbons (Fsp3) is 0.400. The van der Waals surface area contributed by atoms with Gasteiger partial charge in [0.15, 0.2) is 22.5 Å². The Morgan fingerprint density at radius 3 is 2.65 bits per heavy atom. The molecule has 0 spiro atoms. The maximum Gasteiger partial charge on any atom is 0.278 e. The van der Waals surface area contributed by atoms with Crippen molar-refractivity contribution < 1.29 is 4.79 Å². The predicted octanol–water partition coefficient (Wildman–Crippen LogP) is 4.50. The first kappa shape index (κ1) is 25.0. The van der Waals surface area contributed by atoms with E-state index in [-0.39, 0.29) is 16.7 Å². The zero-order chi connectivity index (χ0) is 22.8. The largest absolute Gasteiger partial charge is 0.382 e. The Hall–Kier alpha value is -2.29. The van der Waals surface area contributed by atoms with E-state index in [1.165, 1.54) is 6.34 Å². The molecule has 1 heterocycles. The summed E-state index contributed by atoms with van der Waals surface area (Å²) in [5, 5.41) is 7.61. The van der Waals surface area contributed by atoms with E-state index in [4.69, 9.17) is 40.5 Å². The molecule has 0 bridgehead atoms. The molecule has 2 rings (SSSR count). The molecule has 4 N–H and O–H groups in total. The molecule has 0 saturated heterocycles. The number of halogens is 3. The molecule has 0 aliphatic heterocycles. The minimum absolute atomic E-state index is 0.00352. The monoisotopic (exact) mass is 485 g/mol.